The van der Waals surface area contributed by atoms with Crippen molar-refractivity contribution in [3.63, 3.8) is 0 Å². The Morgan fingerprint density at radius 1 is 1.50 bits per heavy atom. The van der Waals surface area contributed by atoms with Gasteiger partial charge in [-0.15, -0.1) is 0 Å². The number of nitrogens with zero attached hydrogens (tertiary/aromatic N) is 1. The molecule has 0 unspecified atom stereocenters. The van der Waals surface area contributed by atoms with Crippen molar-refractivity contribution in [3.8, 4) is 0 Å². The Morgan fingerprint density at radius 2 is 2.21 bits per heavy atom. The maximum atomic E-state index is 11.2. The number of methoxy groups -OCH3 is 1. The third kappa shape index (κ3) is 2.87. The first-order valence-electron chi connectivity index (χ1n) is 3.72. The predicted octanol–water partition coefficient (Wildman–Crippen LogP) is 1.52. The Labute approximate surface area is 90.3 Å². The molecule has 1 rings (SSSR count). The van der Waals surface area contributed by atoms with E-state index < -0.39 is 5.97 Å². The van der Waals surface area contributed by atoms with Gasteiger partial charge in [0.05, 0.1) is 6.61 Å². The number of imidazole rings is 1. The molecular formula is C7H8Cl2N2O3. The van der Waals surface area contributed by atoms with Gasteiger partial charge in [0.25, 0.3) is 0 Å². The summed E-state index contributed by atoms with van der Waals surface area (Å²) in [7, 11) is 1.51. The number of hydrogen-bond acceptors (Lipinski definition) is 4. The first-order valence-corrected chi connectivity index (χ1v) is 4.47. The van der Waals surface area contributed by atoms with Crippen molar-refractivity contribution in [1.82, 2.24) is 9.97 Å². The predicted molar refractivity (Wildman–Crippen MR) is 50.8 cm³/mol. The Bertz CT molecular complexity index is 307. The third-order valence-corrected chi connectivity index (χ3v) is 1.98. The van der Waals surface area contributed by atoms with Gasteiger partial charge < -0.3 is 14.5 Å². The highest BCUT2D eigenvalue weighted by Gasteiger charge is 2.14. The molecule has 0 radical (unpaired) electrons. The fourth-order valence-corrected chi connectivity index (χ4v) is 0.977. The summed E-state index contributed by atoms with van der Waals surface area (Å²) in [6, 6.07) is 0. The van der Waals surface area contributed by atoms with Gasteiger partial charge in [0.1, 0.15) is 11.8 Å². The highest BCUT2D eigenvalue weighted by molar-refractivity contribution is 6.40. The number of ether oxygens (including phenoxy) is 2. The van der Waals surface area contributed by atoms with Crippen LogP contribution in [0.15, 0.2) is 0 Å². The second-order valence-corrected chi connectivity index (χ2v) is 3.05. The summed E-state index contributed by atoms with van der Waals surface area (Å²) in [6.07, 6.45) is 0. The van der Waals surface area contributed by atoms with E-state index in [1.54, 1.807) is 0 Å². The lowest BCUT2D eigenvalue weighted by Crippen LogP contribution is -2.11. The van der Waals surface area contributed by atoms with Gasteiger partial charge in [-0.2, -0.15) is 0 Å². The topological polar surface area (TPSA) is 64.2 Å². The standard InChI is InChI=1S/C7H8Cl2N2O3/c1-13-2-3-14-7(12)6-10-4(8)5(9)11-6/h2-3H2,1H3,(H,10,11). The van der Waals surface area contributed by atoms with Gasteiger partial charge in [-0.1, -0.05) is 23.2 Å². The molecule has 0 aliphatic heterocycles. The van der Waals surface area contributed by atoms with Crippen LogP contribution in [0.1, 0.15) is 10.6 Å². The number of esters is 1. The van der Waals surface area contributed by atoms with E-state index in [-0.39, 0.29) is 22.7 Å². The summed E-state index contributed by atoms with van der Waals surface area (Å²) < 4.78 is 9.46. The molecule has 0 saturated carbocycles. The number of nitrogens with one attached hydrogen (secondary N) is 1. The van der Waals surface area contributed by atoms with Gasteiger partial charge in [0.15, 0.2) is 5.15 Å². The molecular weight excluding hydrogens is 231 g/mol. The maximum absolute atomic E-state index is 11.2. The summed E-state index contributed by atoms with van der Waals surface area (Å²) in [6.45, 7) is 0.485. The Hall–Kier alpha value is -0.780. The summed E-state index contributed by atoms with van der Waals surface area (Å²) in [4.78, 5) is 17.3. The van der Waals surface area contributed by atoms with E-state index in [9.17, 15) is 4.79 Å². The zero-order chi connectivity index (χ0) is 10.6. The number of aromatic amines is 1. The number of aromatic nitrogens is 2. The van der Waals surface area contributed by atoms with Crippen molar-refractivity contribution in [3.05, 3.63) is 16.1 Å². The number of carbonyl (C=O) groups is 1. The summed E-state index contributed by atoms with van der Waals surface area (Å²) >= 11 is 11.1. The molecule has 1 N–H and O–H groups in total. The fraction of sp³-hybridized carbons (Fsp3) is 0.429. The summed E-state index contributed by atoms with van der Waals surface area (Å²) in [5, 5.41) is 0.163. The molecule has 7 heteroatoms. The fourth-order valence-electron chi connectivity index (χ4n) is 0.713. The van der Waals surface area contributed by atoms with Crippen LogP contribution in [-0.4, -0.2) is 36.3 Å². The molecule has 0 spiro atoms. The summed E-state index contributed by atoms with van der Waals surface area (Å²) in [5.74, 6) is -0.632. The van der Waals surface area contributed by atoms with Crippen LogP contribution in [0, 0.1) is 0 Å². The maximum Gasteiger partial charge on any atom is 0.374 e. The molecule has 78 valence electrons. The lowest BCUT2D eigenvalue weighted by Gasteiger charge is -2.00. The van der Waals surface area contributed by atoms with Crippen LogP contribution in [0.4, 0.5) is 0 Å². The molecule has 0 atom stereocenters. The second-order valence-electron chi connectivity index (χ2n) is 2.32. The van der Waals surface area contributed by atoms with Crippen molar-refractivity contribution in [2.45, 2.75) is 0 Å². The molecule has 5 nitrogen and oxygen atoms in total. The van der Waals surface area contributed by atoms with Gasteiger partial charge in [-0.05, 0) is 0 Å². The monoisotopic (exact) mass is 238 g/mol. The van der Waals surface area contributed by atoms with Crippen molar-refractivity contribution in [2.75, 3.05) is 20.3 Å². The first-order chi connectivity index (χ1) is 6.65. The van der Waals surface area contributed by atoms with Gasteiger partial charge in [-0.3, -0.25) is 0 Å². The molecule has 0 amide bonds. The van der Waals surface area contributed by atoms with E-state index in [4.69, 9.17) is 32.7 Å². The molecule has 1 heterocycles. The number of halogens is 2. The smallest absolute Gasteiger partial charge is 0.374 e. The van der Waals surface area contributed by atoms with E-state index in [1.165, 1.54) is 7.11 Å². The minimum atomic E-state index is -0.615. The van der Waals surface area contributed by atoms with E-state index in [0.717, 1.165) is 0 Å². The van der Waals surface area contributed by atoms with Crippen molar-refractivity contribution in [1.29, 1.82) is 0 Å². The van der Waals surface area contributed by atoms with Crippen LogP contribution < -0.4 is 0 Å². The molecule has 1 aromatic heterocycles. The highest BCUT2D eigenvalue weighted by atomic mass is 35.5. The zero-order valence-corrected chi connectivity index (χ0v) is 8.85. The average Bonchev–Trinajstić information content (AvgIpc) is 2.47. The van der Waals surface area contributed by atoms with E-state index in [0.29, 0.717) is 6.61 Å². The van der Waals surface area contributed by atoms with Crippen LogP contribution in [0.2, 0.25) is 10.3 Å². The van der Waals surface area contributed by atoms with Crippen molar-refractivity contribution < 1.29 is 14.3 Å². The van der Waals surface area contributed by atoms with E-state index in [2.05, 4.69) is 9.97 Å². The molecule has 0 aliphatic rings. The molecule has 0 saturated heterocycles. The summed E-state index contributed by atoms with van der Waals surface area (Å²) in [5.41, 5.74) is 0. The third-order valence-electron chi connectivity index (χ3n) is 1.33. The Morgan fingerprint density at radius 3 is 2.71 bits per heavy atom. The van der Waals surface area contributed by atoms with Crippen LogP contribution in [0.5, 0.6) is 0 Å². The van der Waals surface area contributed by atoms with Crippen LogP contribution in [-0.2, 0) is 9.47 Å². The lowest BCUT2D eigenvalue weighted by molar-refractivity contribution is 0.0376. The van der Waals surface area contributed by atoms with Gasteiger partial charge in [0, 0.05) is 7.11 Å². The average molecular weight is 239 g/mol. The Balaban J connectivity index is 2.52. The largest absolute Gasteiger partial charge is 0.457 e. The molecule has 0 aliphatic carbocycles. The van der Waals surface area contributed by atoms with Crippen LogP contribution in [0.3, 0.4) is 0 Å². The number of H-pyrrole nitrogens is 1. The second kappa shape index (κ2) is 5.19. The normalized spacial score (nSPS) is 10.2. The van der Waals surface area contributed by atoms with E-state index >= 15 is 0 Å². The molecule has 0 aromatic carbocycles. The zero-order valence-electron chi connectivity index (χ0n) is 7.34. The minimum Gasteiger partial charge on any atom is -0.457 e. The van der Waals surface area contributed by atoms with Crippen LogP contribution in [0.25, 0.3) is 0 Å². The van der Waals surface area contributed by atoms with Crippen molar-refractivity contribution in [2.24, 2.45) is 0 Å². The molecule has 0 fully saturated rings. The lowest BCUT2D eigenvalue weighted by atomic mass is 10.6. The quantitative estimate of drug-likeness (QED) is 0.639. The number of carbonyl (C=O) groups excluding carboxylic acids is 1. The van der Waals surface area contributed by atoms with E-state index in [1.807, 2.05) is 0 Å². The SMILES string of the molecule is COCCOC(=O)c1nc(Cl)c(Cl)[nH]1. The minimum absolute atomic E-state index is 0.0175. The van der Waals surface area contributed by atoms with Gasteiger partial charge in [-0.25, -0.2) is 9.78 Å². The molecule has 0 bridgehead atoms. The van der Waals surface area contributed by atoms with Gasteiger partial charge >= 0.3 is 5.97 Å². The molecule has 1 aromatic rings. The molecule has 14 heavy (non-hydrogen) atoms. The first kappa shape index (κ1) is 11.3. The van der Waals surface area contributed by atoms with Crippen molar-refractivity contribution >= 4 is 29.2 Å². The number of hydrogen-bond donors (Lipinski definition) is 1. The highest BCUT2D eigenvalue weighted by Crippen LogP contribution is 2.17. The van der Waals surface area contributed by atoms with Gasteiger partial charge in [0.2, 0.25) is 5.82 Å². The number of rotatable bonds is 4. The Kier molecular flexibility index (Phi) is 4.19. The van der Waals surface area contributed by atoms with Crippen LogP contribution >= 0.6 is 23.2 Å².